The third-order valence-electron chi connectivity index (χ3n) is 3.23. The summed E-state index contributed by atoms with van der Waals surface area (Å²) in [5.74, 6) is 0. The van der Waals surface area contributed by atoms with Crippen molar-refractivity contribution in [3.8, 4) is 0 Å². The lowest BCUT2D eigenvalue weighted by atomic mass is 10.0. The maximum atomic E-state index is 4.79. The summed E-state index contributed by atoms with van der Waals surface area (Å²) < 4.78 is 0. The predicted molar refractivity (Wildman–Crippen MR) is 100 cm³/mol. The Bertz CT molecular complexity index is 709. The first-order valence-corrected chi connectivity index (χ1v) is 7.46. The van der Waals surface area contributed by atoms with E-state index >= 15 is 0 Å². The third kappa shape index (κ3) is 4.75. The molecule has 0 N–H and O–H groups in total. The Labute approximate surface area is 137 Å². The summed E-state index contributed by atoms with van der Waals surface area (Å²) in [5, 5.41) is 0. The molecule has 0 spiro atoms. The van der Waals surface area contributed by atoms with Crippen LogP contribution in [0, 0.1) is 0 Å². The lowest BCUT2D eigenvalue weighted by Crippen LogP contribution is -2.04. The molecular weight excluding hydrogens is 280 g/mol. The van der Waals surface area contributed by atoms with E-state index in [0.29, 0.717) is 5.70 Å². The van der Waals surface area contributed by atoms with Gasteiger partial charge in [0, 0.05) is 11.1 Å². The summed E-state index contributed by atoms with van der Waals surface area (Å²) in [6.45, 7) is 9.37. The van der Waals surface area contributed by atoms with Gasteiger partial charge in [0.2, 0.25) is 0 Å². The average molecular weight is 300 g/mol. The summed E-state index contributed by atoms with van der Waals surface area (Å²) in [4.78, 5) is 9.04. The molecule has 0 aliphatic rings. The van der Waals surface area contributed by atoms with Crippen molar-refractivity contribution >= 4 is 11.9 Å². The van der Waals surface area contributed by atoms with Gasteiger partial charge < -0.3 is 0 Å². The van der Waals surface area contributed by atoms with Crippen molar-refractivity contribution < 1.29 is 0 Å². The van der Waals surface area contributed by atoms with E-state index in [9.17, 15) is 0 Å². The second-order valence-corrected chi connectivity index (χ2v) is 4.86. The first kappa shape index (κ1) is 16.4. The van der Waals surface area contributed by atoms with E-state index in [2.05, 4.69) is 42.4 Å². The highest BCUT2D eigenvalue weighted by Crippen LogP contribution is 2.13. The van der Waals surface area contributed by atoms with Gasteiger partial charge in [0.05, 0.1) is 23.3 Å². The molecule has 2 aromatic carbocycles. The van der Waals surface area contributed by atoms with Crippen LogP contribution >= 0.6 is 0 Å². The molecule has 0 fully saturated rings. The zero-order valence-electron chi connectivity index (χ0n) is 13.3. The molecule has 0 aliphatic heterocycles. The molecule has 2 rings (SSSR count). The maximum absolute atomic E-state index is 4.79. The third-order valence-corrected chi connectivity index (χ3v) is 3.23. The zero-order chi connectivity index (χ0) is 16.5. The van der Waals surface area contributed by atoms with Crippen LogP contribution in [0.25, 0.3) is 0 Å². The second kappa shape index (κ2) is 8.44. The van der Waals surface area contributed by atoms with Crippen molar-refractivity contribution in [2.24, 2.45) is 9.98 Å². The van der Waals surface area contributed by atoms with E-state index in [0.717, 1.165) is 22.5 Å². The van der Waals surface area contributed by atoms with Crippen molar-refractivity contribution in [3.05, 3.63) is 108 Å². The molecule has 0 saturated carbocycles. The van der Waals surface area contributed by atoms with E-state index in [1.807, 2.05) is 49.4 Å². The van der Waals surface area contributed by atoms with Gasteiger partial charge in [-0.3, -0.25) is 4.99 Å². The number of nitrogens with zero attached hydrogens (tertiary/aromatic N) is 2. The standard InChI is InChI=1S/C21H20N2/c1-4-17(3)22-16-20(5-2)23-21(18-12-8-6-9-13-18)19-14-10-7-11-15-19/h4-16H,1,3H2,2H3/b20-5+,22-16?. The summed E-state index contributed by atoms with van der Waals surface area (Å²) in [6.07, 6.45) is 5.24. The fourth-order valence-electron chi connectivity index (χ4n) is 1.99. The number of benzene rings is 2. The average Bonchev–Trinajstić information content (AvgIpc) is 2.63. The van der Waals surface area contributed by atoms with Crippen molar-refractivity contribution in [2.45, 2.75) is 6.92 Å². The van der Waals surface area contributed by atoms with Crippen molar-refractivity contribution in [1.29, 1.82) is 0 Å². The van der Waals surface area contributed by atoms with Crippen LogP contribution in [0.3, 0.4) is 0 Å². The van der Waals surface area contributed by atoms with Gasteiger partial charge in [-0.1, -0.05) is 79.9 Å². The Hall–Kier alpha value is -3.00. The minimum atomic E-state index is 0.612. The van der Waals surface area contributed by atoms with Gasteiger partial charge in [-0.15, -0.1) is 0 Å². The molecule has 2 aromatic rings. The van der Waals surface area contributed by atoms with E-state index in [-0.39, 0.29) is 0 Å². The SMILES string of the molecule is C=CC(=C)N=C/C(=C\C)N=C(c1ccccc1)c1ccccc1. The molecule has 0 radical (unpaired) electrons. The Kier molecular flexibility index (Phi) is 6.01. The van der Waals surface area contributed by atoms with Crippen LogP contribution in [0.1, 0.15) is 18.1 Å². The predicted octanol–water partition coefficient (Wildman–Crippen LogP) is 5.20. The van der Waals surface area contributed by atoms with E-state index in [4.69, 9.17) is 4.99 Å². The van der Waals surface area contributed by atoms with Gasteiger partial charge in [-0.25, -0.2) is 4.99 Å². The Morgan fingerprint density at radius 1 is 0.913 bits per heavy atom. The highest BCUT2D eigenvalue weighted by molar-refractivity contribution is 6.14. The second-order valence-electron chi connectivity index (χ2n) is 4.86. The van der Waals surface area contributed by atoms with Crippen LogP contribution < -0.4 is 0 Å². The molecule has 0 aromatic heterocycles. The first-order valence-electron chi connectivity index (χ1n) is 7.46. The quantitative estimate of drug-likeness (QED) is 0.517. The molecule has 0 bridgehead atoms. The largest absolute Gasteiger partial charge is 0.255 e. The summed E-state index contributed by atoms with van der Waals surface area (Å²) >= 11 is 0. The van der Waals surface area contributed by atoms with E-state index < -0.39 is 0 Å². The lowest BCUT2D eigenvalue weighted by Gasteiger charge is -2.07. The van der Waals surface area contributed by atoms with E-state index in [1.165, 1.54) is 0 Å². The van der Waals surface area contributed by atoms with Gasteiger partial charge in [0.15, 0.2) is 0 Å². The first-order chi connectivity index (χ1) is 11.2. The molecule has 2 heteroatoms. The minimum Gasteiger partial charge on any atom is -0.255 e. The molecule has 0 aliphatic carbocycles. The maximum Gasteiger partial charge on any atom is 0.0782 e. The molecule has 0 atom stereocenters. The molecular formula is C21H20N2. The molecule has 114 valence electrons. The number of hydrogen-bond acceptors (Lipinski definition) is 2. The molecule has 2 nitrogen and oxygen atoms in total. The Balaban J connectivity index is 2.47. The zero-order valence-corrected chi connectivity index (χ0v) is 13.3. The molecule has 23 heavy (non-hydrogen) atoms. The van der Waals surface area contributed by atoms with Gasteiger partial charge in [-0.05, 0) is 13.0 Å². The summed E-state index contributed by atoms with van der Waals surface area (Å²) in [6, 6.07) is 20.3. The van der Waals surface area contributed by atoms with Gasteiger partial charge >= 0.3 is 0 Å². The van der Waals surface area contributed by atoms with Crippen LogP contribution in [0.4, 0.5) is 0 Å². The smallest absolute Gasteiger partial charge is 0.0782 e. The number of hydrogen-bond donors (Lipinski definition) is 0. The van der Waals surface area contributed by atoms with Crippen LogP contribution in [0.15, 0.2) is 107 Å². The number of rotatable bonds is 6. The highest BCUT2D eigenvalue weighted by Gasteiger charge is 2.06. The van der Waals surface area contributed by atoms with Gasteiger partial charge in [0.1, 0.15) is 0 Å². The molecule has 0 amide bonds. The van der Waals surface area contributed by atoms with Crippen LogP contribution in [0.2, 0.25) is 0 Å². The summed E-state index contributed by atoms with van der Waals surface area (Å²) in [7, 11) is 0. The van der Waals surface area contributed by atoms with Crippen LogP contribution in [0.5, 0.6) is 0 Å². The van der Waals surface area contributed by atoms with Gasteiger partial charge in [0.25, 0.3) is 0 Å². The molecule has 0 heterocycles. The van der Waals surface area contributed by atoms with Gasteiger partial charge in [-0.2, -0.15) is 0 Å². The van der Waals surface area contributed by atoms with Crippen molar-refractivity contribution in [3.63, 3.8) is 0 Å². The normalized spacial score (nSPS) is 11.3. The Morgan fingerprint density at radius 3 is 1.87 bits per heavy atom. The number of aliphatic imine (C=N–C) groups is 2. The van der Waals surface area contributed by atoms with Crippen LogP contribution in [-0.2, 0) is 0 Å². The number of allylic oxidation sites excluding steroid dienone is 3. The topological polar surface area (TPSA) is 24.7 Å². The fraction of sp³-hybridized carbons (Fsp3) is 0.0476. The minimum absolute atomic E-state index is 0.612. The lowest BCUT2D eigenvalue weighted by molar-refractivity contribution is 1.38. The van der Waals surface area contributed by atoms with E-state index in [1.54, 1.807) is 12.3 Å². The highest BCUT2D eigenvalue weighted by atomic mass is 14.8. The molecule has 0 unspecified atom stereocenters. The molecule has 0 saturated heterocycles. The van der Waals surface area contributed by atoms with Crippen molar-refractivity contribution in [1.82, 2.24) is 0 Å². The van der Waals surface area contributed by atoms with Crippen LogP contribution in [-0.4, -0.2) is 11.9 Å². The monoisotopic (exact) mass is 300 g/mol. The fourth-order valence-corrected chi connectivity index (χ4v) is 1.99. The van der Waals surface area contributed by atoms with Crippen molar-refractivity contribution in [2.75, 3.05) is 0 Å². The summed E-state index contributed by atoms with van der Waals surface area (Å²) in [5.41, 5.74) is 4.43. The Morgan fingerprint density at radius 2 is 1.43 bits per heavy atom.